The molecule has 0 aromatic heterocycles. The van der Waals surface area contributed by atoms with Crippen molar-refractivity contribution < 1.29 is 4.79 Å². The largest absolute Gasteiger partial charge is 0.342 e. The maximum Gasteiger partial charge on any atom is 0.252 e. The van der Waals surface area contributed by atoms with Crippen molar-refractivity contribution in [1.82, 2.24) is 5.32 Å². The van der Waals surface area contributed by atoms with Gasteiger partial charge in [0, 0.05) is 5.56 Å². The van der Waals surface area contributed by atoms with E-state index >= 15 is 0 Å². The van der Waals surface area contributed by atoms with E-state index in [-0.39, 0.29) is 11.9 Å². The molecule has 118 valence electrons. The summed E-state index contributed by atoms with van der Waals surface area (Å²) in [6.07, 6.45) is 4.05. The second-order valence-corrected chi connectivity index (χ2v) is 5.50. The van der Waals surface area contributed by atoms with E-state index in [1.165, 1.54) is 0 Å². The number of hydrogen-bond donors (Lipinski definition) is 1. The normalized spacial score (nSPS) is 12.0. The first kappa shape index (κ1) is 15.8. The highest BCUT2D eigenvalue weighted by Crippen LogP contribution is 2.17. The summed E-state index contributed by atoms with van der Waals surface area (Å²) in [4.78, 5) is 12.5. The summed E-state index contributed by atoms with van der Waals surface area (Å²) in [5, 5.41) is 3.09. The molecule has 0 bridgehead atoms. The standard InChI is InChI=1S/C22H19NO/c24-22(20-14-8-3-9-15-20)23-21(19-12-6-2-7-13-19)17-16-18-10-4-1-5-11-18/h1-17,21H,(H,23,24)/b17-16+. The molecule has 0 spiro atoms. The molecule has 0 fully saturated rings. The third-order valence-electron chi connectivity index (χ3n) is 3.76. The smallest absolute Gasteiger partial charge is 0.252 e. The van der Waals surface area contributed by atoms with E-state index in [9.17, 15) is 4.79 Å². The molecule has 0 radical (unpaired) electrons. The monoisotopic (exact) mass is 313 g/mol. The van der Waals surface area contributed by atoms with Gasteiger partial charge in [-0.1, -0.05) is 91.0 Å². The molecular weight excluding hydrogens is 294 g/mol. The minimum absolute atomic E-state index is 0.0813. The lowest BCUT2D eigenvalue weighted by Crippen LogP contribution is -2.27. The maximum atomic E-state index is 12.5. The third kappa shape index (κ3) is 4.20. The van der Waals surface area contributed by atoms with Crippen molar-refractivity contribution in [2.75, 3.05) is 0 Å². The van der Waals surface area contributed by atoms with Crippen LogP contribution in [0.15, 0.2) is 97.1 Å². The summed E-state index contributed by atoms with van der Waals surface area (Å²) >= 11 is 0. The molecule has 3 aromatic carbocycles. The minimum Gasteiger partial charge on any atom is -0.342 e. The lowest BCUT2D eigenvalue weighted by Gasteiger charge is -2.16. The average Bonchev–Trinajstić information content (AvgIpc) is 2.67. The van der Waals surface area contributed by atoms with E-state index in [2.05, 4.69) is 5.32 Å². The molecule has 24 heavy (non-hydrogen) atoms. The maximum absolute atomic E-state index is 12.5. The predicted octanol–water partition coefficient (Wildman–Crippen LogP) is 4.87. The first-order chi connectivity index (χ1) is 11.8. The fourth-order valence-corrected chi connectivity index (χ4v) is 2.49. The molecule has 3 rings (SSSR count). The van der Waals surface area contributed by atoms with Crippen LogP contribution >= 0.6 is 0 Å². The lowest BCUT2D eigenvalue weighted by molar-refractivity contribution is 0.0944. The number of carbonyl (C=O) groups is 1. The Bertz CT molecular complexity index is 795. The molecule has 2 nitrogen and oxygen atoms in total. The number of nitrogens with one attached hydrogen (secondary N) is 1. The van der Waals surface area contributed by atoms with Crippen LogP contribution < -0.4 is 5.32 Å². The molecule has 1 amide bonds. The van der Waals surface area contributed by atoms with Gasteiger partial charge in [-0.25, -0.2) is 0 Å². The van der Waals surface area contributed by atoms with Gasteiger partial charge >= 0.3 is 0 Å². The van der Waals surface area contributed by atoms with Gasteiger partial charge in [0.25, 0.3) is 5.91 Å². The third-order valence-corrected chi connectivity index (χ3v) is 3.76. The lowest BCUT2D eigenvalue weighted by atomic mass is 10.0. The summed E-state index contributed by atoms with van der Waals surface area (Å²) in [5.74, 6) is -0.0813. The summed E-state index contributed by atoms with van der Waals surface area (Å²) < 4.78 is 0. The van der Waals surface area contributed by atoms with Crippen LogP contribution in [-0.2, 0) is 0 Å². The fourth-order valence-electron chi connectivity index (χ4n) is 2.49. The molecule has 0 aliphatic rings. The van der Waals surface area contributed by atoms with Gasteiger partial charge in [0.2, 0.25) is 0 Å². The summed E-state index contributed by atoms with van der Waals surface area (Å²) in [7, 11) is 0. The molecule has 0 aliphatic carbocycles. The van der Waals surface area contributed by atoms with Gasteiger partial charge in [-0.2, -0.15) is 0 Å². The molecule has 1 unspecified atom stereocenters. The van der Waals surface area contributed by atoms with Crippen LogP contribution in [0.5, 0.6) is 0 Å². The molecule has 2 heteroatoms. The zero-order chi connectivity index (χ0) is 16.6. The van der Waals surface area contributed by atoms with Crippen molar-refractivity contribution in [1.29, 1.82) is 0 Å². The van der Waals surface area contributed by atoms with Crippen LogP contribution in [0, 0.1) is 0 Å². The molecule has 1 N–H and O–H groups in total. The number of rotatable bonds is 5. The van der Waals surface area contributed by atoms with E-state index < -0.39 is 0 Å². The second kappa shape index (κ2) is 7.93. The van der Waals surface area contributed by atoms with Gasteiger partial charge in [-0.05, 0) is 23.3 Å². The molecular formula is C22H19NO. The van der Waals surface area contributed by atoms with Crippen molar-refractivity contribution in [2.24, 2.45) is 0 Å². The van der Waals surface area contributed by atoms with Crippen LogP contribution in [0.1, 0.15) is 27.5 Å². The zero-order valence-corrected chi connectivity index (χ0v) is 13.3. The van der Waals surface area contributed by atoms with Crippen LogP contribution in [0.25, 0.3) is 6.08 Å². The van der Waals surface area contributed by atoms with Crippen molar-refractivity contribution in [3.63, 3.8) is 0 Å². The Balaban J connectivity index is 1.83. The highest BCUT2D eigenvalue weighted by molar-refractivity contribution is 5.94. The van der Waals surface area contributed by atoms with E-state index in [0.717, 1.165) is 11.1 Å². The Morgan fingerprint density at radius 1 is 0.750 bits per heavy atom. The van der Waals surface area contributed by atoms with Gasteiger partial charge in [0.1, 0.15) is 0 Å². The topological polar surface area (TPSA) is 29.1 Å². The van der Waals surface area contributed by atoms with Crippen molar-refractivity contribution in [3.8, 4) is 0 Å². The number of amides is 1. The zero-order valence-electron chi connectivity index (χ0n) is 13.3. The molecule has 0 heterocycles. The SMILES string of the molecule is O=C(NC(/C=C/c1ccccc1)c1ccccc1)c1ccccc1. The number of benzene rings is 3. The quantitative estimate of drug-likeness (QED) is 0.715. The molecule has 0 saturated carbocycles. The Morgan fingerprint density at radius 2 is 1.29 bits per heavy atom. The summed E-state index contributed by atoms with van der Waals surface area (Å²) in [5.41, 5.74) is 2.81. The van der Waals surface area contributed by atoms with Gasteiger partial charge in [0.15, 0.2) is 0 Å². The minimum atomic E-state index is -0.181. The van der Waals surface area contributed by atoms with Crippen molar-refractivity contribution in [2.45, 2.75) is 6.04 Å². The van der Waals surface area contributed by atoms with Gasteiger partial charge in [0.05, 0.1) is 6.04 Å². The molecule has 0 aliphatic heterocycles. The molecule has 0 saturated heterocycles. The molecule has 3 aromatic rings. The first-order valence-corrected chi connectivity index (χ1v) is 7.97. The van der Waals surface area contributed by atoms with E-state index in [4.69, 9.17) is 0 Å². The van der Waals surface area contributed by atoms with Gasteiger partial charge in [-0.3, -0.25) is 4.79 Å². The van der Waals surface area contributed by atoms with Gasteiger partial charge in [-0.15, -0.1) is 0 Å². The summed E-state index contributed by atoms with van der Waals surface area (Å²) in [6.45, 7) is 0. The Hall–Kier alpha value is -3.13. The summed E-state index contributed by atoms with van der Waals surface area (Å²) in [6, 6.07) is 29.1. The van der Waals surface area contributed by atoms with Crippen LogP contribution in [0.3, 0.4) is 0 Å². The average molecular weight is 313 g/mol. The van der Waals surface area contributed by atoms with Crippen LogP contribution in [0.4, 0.5) is 0 Å². The number of hydrogen-bond acceptors (Lipinski definition) is 1. The highest BCUT2D eigenvalue weighted by atomic mass is 16.1. The Kier molecular flexibility index (Phi) is 5.21. The number of carbonyl (C=O) groups excluding carboxylic acids is 1. The van der Waals surface area contributed by atoms with Crippen LogP contribution in [0.2, 0.25) is 0 Å². The van der Waals surface area contributed by atoms with E-state index in [1.54, 1.807) is 0 Å². The van der Waals surface area contributed by atoms with Crippen LogP contribution in [-0.4, -0.2) is 5.91 Å². The Morgan fingerprint density at radius 3 is 1.92 bits per heavy atom. The van der Waals surface area contributed by atoms with Gasteiger partial charge < -0.3 is 5.32 Å². The van der Waals surface area contributed by atoms with Crippen molar-refractivity contribution in [3.05, 3.63) is 114 Å². The fraction of sp³-hybridized carbons (Fsp3) is 0.0455. The predicted molar refractivity (Wildman–Crippen MR) is 98.6 cm³/mol. The highest BCUT2D eigenvalue weighted by Gasteiger charge is 2.12. The molecule has 1 atom stereocenters. The van der Waals surface area contributed by atoms with E-state index in [1.807, 2.05) is 103 Å². The first-order valence-electron chi connectivity index (χ1n) is 7.97. The Labute approximate surface area is 142 Å². The second-order valence-electron chi connectivity index (χ2n) is 5.50. The van der Waals surface area contributed by atoms with Crippen molar-refractivity contribution >= 4 is 12.0 Å². The van der Waals surface area contributed by atoms with E-state index in [0.29, 0.717) is 5.56 Å².